The zero-order valence-electron chi connectivity index (χ0n) is 25.2. The number of aryl methyl sites for hydroxylation is 2. The summed E-state index contributed by atoms with van der Waals surface area (Å²) in [4.78, 5) is 8.39. The van der Waals surface area contributed by atoms with Gasteiger partial charge in [-0.05, 0) is 39.5 Å². The van der Waals surface area contributed by atoms with Crippen molar-refractivity contribution in [3.05, 3.63) is 158 Å². The zero-order chi connectivity index (χ0) is 30.5. The van der Waals surface area contributed by atoms with E-state index in [9.17, 15) is 0 Å². The normalized spacial score (nSPS) is 11.6. The molecule has 0 spiro atoms. The second kappa shape index (κ2) is 15.8. The van der Waals surface area contributed by atoms with Crippen LogP contribution in [0.4, 0.5) is 5.69 Å². The summed E-state index contributed by atoms with van der Waals surface area (Å²) >= 11 is 0. The summed E-state index contributed by atoms with van der Waals surface area (Å²) in [6, 6.07) is 45.9. The number of benzene rings is 4. The molecule has 0 amide bonds. The van der Waals surface area contributed by atoms with E-state index in [4.69, 9.17) is 11.2 Å². The maximum atomic E-state index is 7.17. The fraction of sp³-hybridized carbons (Fsp3) is 0.0769. The van der Waals surface area contributed by atoms with Crippen LogP contribution in [0, 0.1) is 63.3 Å². The summed E-state index contributed by atoms with van der Waals surface area (Å²) in [5, 5.41) is 2.42. The van der Waals surface area contributed by atoms with Gasteiger partial charge in [0.15, 0.2) is 0 Å². The van der Waals surface area contributed by atoms with Crippen molar-refractivity contribution >= 4 is 16.5 Å². The Morgan fingerprint density at radius 2 is 1.52 bits per heavy atom. The van der Waals surface area contributed by atoms with Crippen molar-refractivity contribution in [2.24, 2.45) is 0 Å². The van der Waals surface area contributed by atoms with Crippen molar-refractivity contribution in [2.45, 2.75) is 13.8 Å². The minimum atomic E-state index is 0. The first-order chi connectivity index (χ1) is 21.5. The van der Waals surface area contributed by atoms with Gasteiger partial charge in [-0.2, -0.15) is 54.8 Å². The first-order valence-corrected chi connectivity index (χ1v) is 14.0. The van der Waals surface area contributed by atoms with Crippen LogP contribution in [0.1, 0.15) is 11.4 Å². The topological polar surface area (TPSA) is 33.5 Å². The summed E-state index contributed by atoms with van der Waals surface area (Å²) in [7, 11) is 1.98. The Morgan fingerprint density at radius 1 is 0.783 bits per heavy atom. The second-order valence-corrected chi connectivity index (χ2v) is 10.1. The van der Waals surface area contributed by atoms with Crippen LogP contribution < -0.4 is 9.64 Å². The minimum Gasteiger partial charge on any atom is -0.669 e. The van der Waals surface area contributed by atoms with E-state index in [0.29, 0.717) is 22.8 Å². The van der Waals surface area contributed by atoms with Gasteiger partial charge in [-0.1, -0.05) is 30.0 Å². The van der Waals surface area contributed by atoms with E-state index in [1.54, 1.807) is 16.8 Å². The van der Waals surface area contributed by atoms with Gasteiger partial charge in [0.2, 0.25) is 0 Å². The average Bonchev–Trinajstić information content (AvgIpc) is 3.62. The molecule has 0 unspecified atom stereocenters. The molecule has 6 aromatic rings. The van der Waals surface area contributed by atoms with Crippen LogP contribution in [-0.2, 0) is 42.1 Å². The molecule has 4 aromatic carbocycles. The second-order valence-electron chi connectivity index (χ2n) is 10.1. The molecule has 0 fully saturated rings. The Hall–Kier alpha value is -4.35. The summed E-state index contributed by atoms with van der Waals surface area (Å²) < 4.78 is 7.81. The van der Waals surface area contributed by atoms with Crippen molar-refractivity contribution in [3.63, 3.8) is 0 Å². The van der Waals surface area contributed by atoms with Gasteiger partial charge in [0.05, 0.1) is 0 Å². The van der Waals surface area contributed by atoms with E-state index in [1.165, 1.54) is 10.8 Å². The number of nitrogens with zero attached hydrogens (tertiary/aromatic N) is 4. The van der Waals surface area contributed by atoms with Gasteiger partial charge in [-0.3, -0.25) is 12.1 Å². The van der Waals surface area contributed by atoms with Gasteiger partial charge in [0.25, 0.3) is 0 Å². The number of aromatic nitrogens is 2. The fourth-order valence-electron chi connectivity index (χ4n) is 4.95. The number of fused-ring (bicyclic) bond motifs is 1. The van der Waals surface area contributed by atoms with Gasteiger partial charge in [-0.15, -0.1) is 30.0 Å². The zero-order valence-corrected chi connectivity index (χ0v) is 29.8. The molecule has 0 saturated heterocycles. The predicted octanol–water partition coefficient (Wildman–Crippen LogP) is 8.20. The molecule has 1 aliphatic rings. The predicted molar refractivity (Wildman–Crippen MR) is 173 cm³/mol. The van der Waals surface area contributed by atoms with Crippen molar-refractivity contribution in [1.82, 2.24) is 14.5 Å². The molecular weight excluding hydrogens is 931 g/mol. The van der Waals surface area contributed by atoms with E-state index in [1.807, 2.05) is 116 Å². The number of rotatable bonds is 5. The first-order valence-electron chi connectivity index (χ1n) is 14.0. The maximum Gasteiger partial charge on any atom is 4.00 e. The maximum absolute atomic E-state index is 7.17. The number of ether oxygens (including phenoxy) is 1. The molecule has 0 radical (unpaired) electrons. The molecule has 0 atom stereocenters. The van der Waals surface area contributed by atoms with Gasteiger partial charge < -0.3 is 42.1 Å². The van der Waals surface area contributed by atoms with Crippen molar-refractivity contribution in [1.29, 1.82) is 0 Å². The van der Waals surface area contributed by atoms with E-state index in [2.05, 4.69) is 53.5 Å². The molecule has 2 aromatic heterocycles. The summed E-state index contributed by atoms with van der Waals surface area (Å²) in [6.07, 6.45) is 12.9. The van der Waals surface area contributed by atoms with Gasteiger partial charge in [-0.25, -0.2) is 23.2 Å². The van der Waals surface area contributed by atoms with Crippen LogP contribution in [0.5, 0.6) is 11.5 Å². The van der Waals surface area contributed by atoms with E-state index < -0.39 is 0 Å². The number of pyridine rings is 1. The summed E-state index contributed by atoms with van der Waals surface area (Å²) in [5.41, 5.74) is 6.28. The number of hydrogen-bond donors (Lipinski definition) is 0. The first kappa shape index (κ1) is 34.5. The minimum absolute atomic E-state index is 0. The standard InChI is InChI=1S/C27H17N3O.C12H10N.2Pt/c1-29-15-16-30(20-29)24-10-6-12-26(19-24)31-25-11-5-9-23(17-25)27-18-22(13-14-28-27)21-7-3-2-4-8-21;1-4-13-9(2)11-7-5-6-8-12(11)10(13)3;;/h2-7,10-16,20H,1H3;5-8H,2-3H3;;/q-6;-1;;+4. The molecule has 232 valence electrons. The van der Waals surface area contributed by atoms with Crippen LogP contribution in [0.2, 0.25) is 0 Å². The smallest absolute Gasteiger partial charge is 0.669 e. The quantitative estimate of drug-likeness (QED) is 0.129. The third kappa shape index (κ3) is 7.71. The van der Waals surface area contributed by atoms with Crippen molar-refractivity contribution in [3.8, 4) is 39.9 Å². The molecule has 5 nitrogen and oxygen atoms in total. The Balaban J connectivity index is 0.000000270. The van der Waals surface area contributed by atoms with Gasteiger partial charge in [0, 0.05) is 49.0 Å². The molecule has 7 rings (SSSR count). The molecule has 0 N–H and O–H groups in total. The Morgan fingerprint density at radius 3 is 2.20 bits per heavy atom. The summed E-state index contributed by atoms with van der Waals surface area (Å²) in [5.74, 6) is 1.17. The SMILES string of the molecule is CN1C=CN(c2[c-]c(Oc3[c-]c(-c4[c-]c(-c5[c-]cccc5)ccn4)[c-]cc3)ccc2)[CH-]1.[C-]#Cn1c(C)c2ccccc2c1C.[Pt+4].[Pt]. The third-order valence-electron chi connectivity index (χ3n) is 7.15. The third-order valence-corrected chi connectivity index (χ3v) is 7.15. The van der Waals surface area contributed by atoms with Gasteiger partial charge in [0.1, 0.15) is 0 Å². The largest absolute Gasteiger partial charge is 4.00 e. The van der Waals surface area contributed by atoms with Crippen LogP contribution >= 0.6 is 0 Å². The van der Waals surface area contributed by atoms with Crippen molar-refractivity contribution in [2.75, 3.05) is 11.9 Å². The summed E-state index contributed by atoms with van der Waals surface area (Å²) in [6.45, 7) is 5.99. The van der Waals surface area contributed by atoms with Crippen molar-refractivity contribution < 1.29 is 46.9 Å². The molecule has 0 saturated carbocycles. The Bertz CT molecular complexity index is 1960. The number of anilines is 1. The Labute approximate surface area is 300 Å². The fourth-order valence-corrected chi connectivity index (χ4v) is 4.95. The van der Waals surface area contributed by atoms with Crippen LogP contribution in [0.3, 0.4) is 0 Å². The van der Waals surface area contributed by atoms with Crippen LogP contribution in [0.25, 0.3) is 33.2 Å². The van der Waals surface area contributed by atoms with E-state index in [-0.39, 0.29) is 42.1 Å². The van der Waals surface area contributed by atoms with E-state index >= 15 is 0 Å². The molecule has 46 heavy (non-hydrogen) atoms. The van der Waals surface area contributed by atoms with E-state index in [0.717, 1.165) is 28.2 Å². The monoisotopic (exact) mass is 957 g/mol. The number of hydrogen-bond acceptors (Lipinski definition) is 4. The van der Waals surface area contributed by atoms with Crippen LogP contribution in [0.15, 0.2) is 104 Å². The molecule has 7 heteroatoms. The molecule has 0 aliphatic carbocycles. The Kier molecular flexibility index (Phi) is 11.8. The van der Waals surface area contributed by atoms with Gasteiger partial charge >= 0.3 is 21.1 Å². The van der Waals surface area contributed by atoms with Crippen LogP contribution in [-0.4, -0.2) is 21.5 Å². The average molecular weight is 958 g/mol. The molecule has 3 heterocycles. The molecular formula is C39H27N4OPt2-3. The molecule has 0 bridgehead atoms. The molecule has 1 aliphatic heterocycles.